The molecule has 4 rings (SSSR count). The quantitative estimate of drug-likeness (QED) is 0.477. The zero-order valence-electron chi connectivity index (χ0n) is 12.4. The molecule has 1 aliphatic rings. The van der Waals surface area contributed by atoms with Crippen LogP contribution in [-0.2, 0) is 16.9 Å². The van der Waals surface area contributed by atoms with Gasteiger partial charge in [0.1, 0.15) is 24.4 Å². The van der Waals surface area contributed by atoms with Gasteiger partial charge in [0, 0.05) is 5.56 Å². The first-order valence-corrected chi connectivity index (χ1v) is 8.44. The van der Waals surface area contributed by atoms with Crippen LogP contribution in [0.3, 0.4) is 0 Å². The maximum absolute atomic E-state index is 6.40. The number of hydrogen-bond acceptors (Lipinski definition) is 3. The van der Waals surface area contributed by atoms with Crippen LogP contribution in [0.1, 0.15) is 17.2 Å². The summed E-state index contributed by atoms with van der Waals surface area (Å²) >= 11 is 18.6. The van der Waals surface area contributed by atoms with Gasteiger partial charge in [0.05, 0.1) is 21.6 Å². The average Bonchev–Trinajstić information content (AvgIpc) is 3.07. The summed E-state index contributed by atoms with van der Waals surface area (Å²) in [6.07, 6.45) is 2.94. The number of benzene rings is 2. The number of hydrogen-bond donors (Lipinski definition) is 0. The van der Waals surface area contributed by atoms with Crippen molar-refractivity contribution in [2.24, 2.45) is 0 Å². The lowest BCUT2D eigenvalue weighted by Gasteiger charge is -2.14. The molecule has 122 valence electrons. The third kappa shape index (κ3) is 2.60. The minimum absolute atomic E-state index is 0.230. The molecule has 0 spiro atoms. The van der Waals surface area contributed by atoms with Crippen LogP contribution in [-0.4, -0.2) is 14.8 Å². The average molecular weight is 381 g/mol. The Morgan fingerprint density at radius 2 is 1.83 bits per heavy atom. The van der Waals surface area contributed by atoms with Crippen molar-refractivity contribution in [2.75, 3.05) is 0 Å². The van der Waals surface area contributed by atoms with E-state index in [1.807, 2.05) is 36.4 Å². The van der Waals surface area contributed by atoms with Gasteiger partial charge < -0.3 is 4.74 Å². The van der Waals surface area contributed by atoms with Crippen LogP contribution in [0.15, 0.2) is 55.1 Å². The molecule has 1 aliphatic heterocycles. The molecule has 1 fully saturated rings. The van der Waals surface area contributed by atoms with E-state index in [0.29, 0.717) is 21.6 Å². The number of epoxide rings is 1. The van der Waals surface area contributed by atoms with E-state index in [2.05, 4.69) is 10.1 Å². The topological polar surface area (TPSA) is 43.2 Å². The number of rotatable bonds is 4. The molecule has 0 unspecified atom stereocenters. The van der Waals surface area contributed by atoms with Crippen LogP contribution in [0.25, 0.3) is 0 Å². The highest BCUT2D eigenvalue weighted by atomic mass is 35.5. The molecule has 0 aliphatic carbocycles. The molecule has 0 bridgehead atoms. The van der Waals surface area contributed by atoms with Gasteiger partial charge in [-0.1, -0.05) is 71.2 Å². The first-order chi connectivity index (χ1) is 11.6. The Kier molecular flexibility index (Phi) is 4.01. The van der Waals surface area contributed by atoms with Crippen molar-refractivity contribution >= 4 is 34.8 Å². The largest absolute Gasteiger partial charge is 0.354 e. The summed E-state index contributed by atoms with van der Waals surface area (Å²) in [5, 5.41) is 5.38. The van der Waals surface area contributed by atoms with Crippen molar-refractivity contribution in [3.05, 3.63) is 81.3 Å². The third-order valence-corrected chi connectivity index (χ3v) is 5.48. The third-order valence-electron chi connectivity index (χ3n) is 4.17. The minimum atomic E-state index is -0.560. The fourth-order valence-corrected chi connectivity index (χ4v) is 3.58. The lowest BCUT2D eigenvalue weighted by atomic mass is 9.91. The van der Waals surface area contributed by atoms with E-state index in [-0.39, 0.29) is 6.10 Å². The summed E-state index contributed by atoms with van der Waals surface area (Å²) in [6.45, 7) is 0.526. The summed E-state index contributed by atoms with van der Waals surface area (Å²) < 4.78 is 7.90. The predicted molar refractivity (Wildman–Crippen MR) is 93.4 cm³/mol. The van der Waals surface area contributed by atoms with E-state index in [0.717, 1.165) is 11.1 Å². The summed E-state index contributed by atoms with van der Waals surface area (Å²) in [4.78, 5) is 4.00. The highest BCUT2D eigenvalue weighted by Crippen LogP contribution is 2.60. The highest BCUT2D eigenvalue weighted by molar-refractivity contribution is 6.48. The molecule has 0 amide bonds. The van der Waals surface area contributed by atoms with Crippen molar-refractivity contribution < 1.29 is 4.74 Å². The molecule has 7 heteroatoms. The molecule has 2 atom stereocenters. The van der Waals surface area contributed by atoms with Crippen LogP contribution >= 0.6 is 34.8 Å². The summed E-state index contributed by atoms with van der Waals surface area (Å²) in [5.74, 6) is 0. The number of halogens is 3. The molecular formula is C17H12Cl3N3O. The van der Waals surface area contributed by atoms with Crippen LogP contribution in [0.2, 0.25) is 15.1 Å². The van der Waals surface area contributed by atoms with Crippen LogP contribution < -0.4 is 0 Å². The smallest absolute Gasteiger partial charge is 0.144 e. The lowest BCUT2D eigenvalue weighted by molar-refractivity contribution is 0.262. The molecule has 2 heterocycles. The van der Waals surface area contributed by atoms with Crippen LogP contribution in [0.5, 0.6) is 0 Å². The molecule has 24 heavy (non-hydrogen) atoms. The molecule has 0 N–H and O–H groups in total. The van der Waals surface area contributed by atoms with E-state index in [9.17, 15) is 0 Å². The Hall–Kier alpha value is -1.59. The Morgan fingerprint density at radius 1 is 1.04 bits per heavy atom. The molecule has 4 nitrogen and oxygen atoms in total. The van der Waals surface area contributed by atoms with E-state index in [4.69, 9.17) is 39.5 Å². The number of ether oxygens (including phenoxy) is 1. The molecule has 3 aromatic rings. The fraction of sp³-hybridized carbons (Fsp3) is 0.176. The Morgan fingerprint density at radius 3 is 2.54 bits per heavy atom. The first kappa shape index (κ1) is 15.9. The molecule has 1 saturated heterocycles. The second kappa shape index (κ2) is 6.05. The first-order valence-electron chi connectivity index (χ1n) is 7.31. The van der Waals surface area contributed by atoms with E-state index in [1.165, 1.54) is 6.33 Å². The molecule has 1 aromatic heterocycles. The zero-order valence-corrected chi connectivity index (χ0v) is 14.6. The SMILES string of the molecule is Clc1ccc([C@H]2O[C@]2(Cn2cncn2)c2ccccc2)c(Cl)c1Cl. The number of aromatic nitrogens is 3. The van der Waals surface area contributed by atoms with Crippen molar-refractivity contribution in [3.8, 4) is 0 Å². The predicted octanol–water partition coefficient (Wildman–Crippen LogP) is 4.91. The van der Waals surface area contributed by atoms with Crippen LogP contribution in [0.4, 0.5) is 0 Å². The maximum Gasteiger partial charge on any atom is 0.144 e. The van der Waals surface area contributed by atoms with E-state index in [1.54, 1.807) is 17.1 Å². The Labute approximate surface area is 153 Å². The van der Waals surface area contributed by atoms with Gasteiger partial charge in [-0.15, -0.1) is 0 Å². The van der Waals surface area contributed by atoms with Crippen molar-refractivity contribution in [3.63, 3.8) is 0 Å². The van der Waals surface area contributed by atoms with Gasteiger partial charge in [0.25, 0.3) is 0 Å². The van der Waals surface area contributed by atoms with Crippen molar-refractivity contribution in [1.82, 2.24) is 14.8 Å². The Bertz CT molecular complexity index is 870. The van der Waals surface area contributed by atoms with E-state index < -0.39 is 5.60 Å². The summed E-state index contributed by atoms with van der Waals surface area (Å²) in [6, 6.07) is 13.6. The van der Waals surface area contributed by atoms with Gasteiger partial charge in [-0.2, -0.15) is 5.10 Å². The second-order valence-electron chi connectivity index (χ2n) is 5.61. The summed E-state index contributed by atoms with van der Waals surface area (Å²) in [7, 11) is 0. The van der Waals surface area contributed by atoms with Gasteiger partial charge in [-0.25, -0.2) is 9.67 Å². The zero-order chi connectivity index (χ0) is 16.7. The highest BCUT2D eigenvalue weighted by Gasteiger charge is 2.59. The monoisotopic (exact) mass is 379 g/mol. The van der Waals surface area contributed by atoms with Gasteiger partial charge in [0.2, 0.25) is 0 Å². The fourth-order valence-electron chi connectivity index (χ4n) is 2.94. The Balaban J connectivity index is 1.76. The van der Waals surface area contributed by atoms with Crippen molar-refractivity contribution in [1.29, 1.82) is 0 Å². The van der Waals surface area contributed by atoms with Crippen LogP contribution in [0, 0.1) is 0 Å². The summed E-state index contributed by atoms with van der Waals surface area (Å²) in [5.41, 5.74) is 1.30. The molecular weight excluding hydrogens is 369 g/mol. The molecule has 0 saturated carbocycles. The number of nitrogens with zero attached hydrogens (tertiary/aromatic N) is 3. The van der Waals surface area contributed by atoms with Gasteiger partial charge in [0.15, 0.2) is 0 Å². The lowest BCUT2D eigenvalue weighted by Crippen LogP contribution is -2.19. The second-order valence-corrected chi connectivity index (χ2v) is 6.77. The van der Waals surface area contributed by atoms with E-state index >= 15 is 0 Å². The normalized spacial score (nSPS) is 22.5. The van der Waals surface area contributed by atoms with Gasteiger partial charge in [-0.05, 0) is 11.6 Å². The van der Waals surface area contributed by atoms with Crippen molar-refractivity contribution in [2.45, 2.75) is 18.2 Å². The minimum Gasteiger partial charge on any atom is -0.354 e. The van der Waals surface area contributed by atoms with Gasteiger partial charge >= 0.3 is 0 Å². The maximum atomic E-state index is 6.40. The van der Waals surface area contributed by atoms with Gasteiger partial charge in [-0.3, -0.25) is 0 Å². The molecule has 2 aromatic carbocycles. The molecule has 0 radical (unpaired) electrons. The standard InChI is InChI=1S/C17H12Cl3N3O/c18-13-7-6-12(14(19)15(13)20)16-17(24-16,8-23-10-21-9-22-23)11-4-2-1-3-5-11/h1-7,9-10,16H,8H2/t16-,17-/m1/s1.